The van der Waals surface area contributed by atoms with Crippen LogP contribution in [0.5, 0.6) is 0 Å². The van der Waals surface area contributed by atoms with Gasteiger partial charge in [0.15, 0.2) is 0 Å². The third kappa shape index (κ3) is 1.73. The van der Waals surface area contributed by atoms with Crippen LogP contribution in [0.2, 0.25) is 0 Å². The Morgan fingerprint density at radius 2 is 2.00 bits per heavy atom. The number of hydrogen-bond acceptors (Lipinski definition) is 0. The Morgan fingerprint density at radius 1 is 1.42 bits per heavy atom. The monoisotopic (exact) mass is 166 g/mol. The molecule has 0 spiro atoms. The molecule has 0 nitrogen and oxygen atoms in total. The Balaban J connectivity index is 2.89. The van der Waals surface area contributed by atoms with Crippen molar-refractivity contribution < 1.29 is 0 Å². The molecule has 0 saturated heterocycles. The van der Waals surface area contributed by atoms with Gasteiger partial charge >= 0.3 is 0 Å². The van der Waals surface area contributed by atoms with Crippen molar-refractivity contribution in [2.45, 2.75) is 47.5 Å². The summed E-state index contributed by atoms with van der Waals surface area (Å²) in [5.41, 5.74) is 2.13. The highest BCUT2D eigenvalue weighted by Gasteiger charge is 2.34. The highest BCUT2D eigenvalue weighted by atomic mass is 14.4. The van der Waals surface area contributed by atoms with Crippen molar-refractivity contribution in [3.05, 3.63) is 11.6 Å². The van der Waals surface area contributed by atoms with Gasteiger partial charge < -0.3 is 0 Å². The highest BCUT2D eigenvalue weighted by molar-refractivity contribution is 5.12. The predicted molar refractivity (Wildman–Crippen MR) is 55.1 cm³/mol. The first-order valence-corrected chi connectivity index (χ1v) is 5.12. The lowest BCUT2D eigenvalue weighted by Crippen LogP contribution is -2.31. The van der Waals surface area contributed by atoms with E-state index in [0.717, 1.165) is 11.8 Å². The zero-order chi connectivity index (χ0) is 9.35. The quantitative estimate of drug-likeness (QED) is 0.516. The molecule has 0 bridgehead atoms. The molecule has 1 aliphatic carbocycles. The number of allylic oxidation sites excluding steroid dienone is 2. The maximum absolute atomic E-state index is 2.43. The lowest BCUT2D eigenvalue weighted by atomic mass is 9.64. The van der Waals surface area contributed by atoms with Gasteiger partial charge in [0.2, 0.25) is 0 Å². The molecule has 0 aromatic rings. The molecule has 1 rings (SSSR count). The molecule has 0 radical (unpaired) electrons. The first kappa shape index (κ1) is 9.83. The Bertz CT molecular complexity index is 184. The maximum atomic E-state index is 2.43. The molecule has 0 aromatic carbocycles. The van der Waals surface area contributed by atoms with Gasteiger partial charge in [-0.25, -0.2) is 0 Å². The molecule has 1 atom stereocenters. The summed E-state index contributed by atoms with van der Waals surface area (Å²) in [6, 6.07) is 0. The second kappa shape index (κ2) is 3.24. The van der Waals surface area contributed by atoms with Gasteiger partial charge in [0, 0.05) is 0 Å². The molecule has 0 N–H and O–H groups in total. The fourth-order valence-electron chi connectivity index (χ4n) is 3.00. The van der Waals surface area contributed by atoms with E-state index in [1.54, 1.807) is 5.57 Å². The van der Waals surface area contributed by atoms with Crippen LogP contribution in [0.4, 0.5) is 0 Å². The Morgan fingerprint density at radius 3 is 2.33 bits per heavy atom. The molecule has 0 heteroatoms. The minimum absolute atomic E-state index is 0.521. The lowest BCUT2D eigenvalue weighted by molar-refractivity contribution is 0.166. The van der Waals surface area contributed by atoms with Crippen LogP contribution in [-0.2, 0) is 0 Å². The van der Waals surface area contributed by atoms with Gasteiger partial charge in [-0.3, -0.25) is 0 Å². The van der Waals surface area contributed by atoms with Crippen molar-refractivity contribution in [3.8, 4) is 0 Å². The fourth-order valence-corrected chi connectivity index (χ4v) is 3.00. The van der Waals surface area contributed by atoms with Gasteiger partial charge in [0.05, 0.1) is 0 Å². The summed E-state index contributed by atoms with van der Waals surface area (Å²) in [4.78, 5) is 0. The van der Waals surface area contributed by atoms with E-state index in [1.165, 1.54) is 12.8 Å². The van der Waals surface area contributed by atoms with Crippen LogP contribution in [0.1, 0.15) is 47.5 Å². The normalized spacial score (nSPS) is 28.8. The molecule has 1 aliphatic rings. The van der Waals surface area contributed by atoms with Crippen molar-refractivity contribution in [2.24, 2.45) is 17.3 Å². The number of hydrogen-bond donors (Lipinski definition) is 0. The van der Waals surface area contributed by atoms with E-state index in [-0.39, 0.29) is 0 Å². The topological polar surface area (TPSA) is 0 Å². The van der Waals surface area contributed by atoms with Crippen molar-refractivity contribution in [3.63, 3.8) is 0 Å². The molecule has 0 aliphatic heterocycles. The van der Waals surface area contributed by atoms with Crippen molar-refractivity contribution in [2.75, 3.05) is 0 Å². The summed E-state index contributed by atoms with van der Waals surface area (Å²) in [5, 5.41) is 0. The van der Waals surface area contributed by atoms with Gasteiger partial charge in [-0.1, -0.05) is 39.3 Å². The molecule has 0 heterocycles. The zero-order valence-corrected chi connectivity index (χ0v) is 9.15. The van der Waals surface area contributed by atoms with Crippen LogP contribution in [0.3, 0.4) is 0 Å². The average molecular weight is 166 g/mol. The van der Waals surface area contributed by atoms with E-state index in [9.17, 15) is 0 Å². The second-order valence-electron chi connectivity index (χ2n) is 5.20. The smallest absolute Gasteiger partial charge is 0.0131 e. The first-order chi connectivity index (χ1) is 5.45. The summed E-state index contributed by atoms with van der Waals surface area (Å²) in [7, 11) is 0. The van der Waals surface area contributed by atoms with Gasteiger partial charge in [-0.05, 0) is 37.0 Å². The van der Waals surface area contributed by atoms with Gasteiger partial charge in [-0.2, -0.15) is 0 Å². The van der Waals surface area contributed by atoms with E-state index >= 15 is 0 Å². The van der Waals surface area contributed by atoms with Crippen LogP contribution < -0.4 is 0 Å². The summed E-state index contributed by atoms with van der Waals surface area (Å²) >= 11 is 0. The van der Waals surface area contributed by atoms with E-state index in [0.29, 0.717) is 5.41 Å². The van der Waals surface area contributed by atoms with Crippen molar-refractivity contribution in [1.29, 1.82) is 0 Å². The van der Waals surface area contributed by atoms with E-state index in [2.05, 4.69) is 40.7 Å². The Labute approximate surface area is 77.1 Å². The molecule has 1 unspecified atom stereocenters. The molecule has 0 fully saturated rings. The summed E-state index contributed by atoms with van der Waals surface area (Å²) in [5.74, 6) is 1.59. The largest absolute Gasteiger partial charge is 0.0853 e. The number of rotatable bonds is 1. The van der Waals surface area contributed by atoms with Crippen LogP contribution in [0.15, 0.2) is 11.6 Å². The predicted octanol–water partition coefficient (Wildman–Crippen LogP) is 4.02. The van der Waals surface area contributed by atoms with Crippen LogP contribution >= 0.6 is 0 Å². The SMILES string of the molecule is CC1=CCCC(C)(C)C1C(C)C. The lowest BCUT2D eigenvalue weighted by Gasteiger charge is -2.41. The van der Waals surface area contributed by atoms with Gasteiger partial charge in [-0.15, -0.1) is 0 Å². The molecule has 0 amide bonds. The molecular formula is C12H22. The average Bonchev–Trinajstić information content (AvgIpc) is 1.82. The minimum Gasteiger partial charge on any atom is -0.0853 e. The maximum Gasteiger partial charge on any atom is -0.0131 e. The van der Waals surface area contributed by atoms with Crippen molar-refractivity contribution >= 4 is 0 Å². The Hall–Kier alpha value is -0.260. The summed E-state index contributed by atoms with van der Waals surface area (Å²) < 4.78 is 0. The second-order valence-corrected chi connectivity index (χ2v) is 5.20. The van der Waals surface area contributed by atoms with E-state index < -0.39 is 0 Å². The molecule has 70 valence electrons. The molecule has 0 aromatic heterocycles. The van der Waals surface area contributed by atoms with E-state index in [1.807, 2.05) is 0 Å². The Kier molecular flexibility index (Phi) is 2.65. The fraction of sp³-hybridized carbons (Fsp3) is 0.833. The van der Waals surface area contributed by atoms with Crippen LogP contribution in [-0.4, -0.2) is 0 Å². The third-order valence-electron chi connectivity index (χ3n) is 3.25. The zero-order valence-electron chi connectivity index (χ0n) is 9.15. The highest BCUT2D eigenvalue weighted by Crippen LogP contribution is 2.44. The first-order valence-electron chi connectivity index (χ1n) is 5.12. The summed E-state index contributed by atoms with van der Waals surface area (Å²) in [6.07, 6.45) is 5.06. The van der Waals surface area contributed by atoms with Gasteiger partial charge in [0.25, 0.3) is 0 Å². The van der Waals surface area contributed by atoms with Crippen LogP contribution in [0, 0.1) is 17.3 Å². The molecule has 12 heavy (non-hydrogen) atoms. The summed E-state index contributed by atoms with van der Waals surface area (Å²) in [6.45, 7) is 11.8. The standard InChI is InChI=1S/C12H22/c1-9(2)11-10(3)7-6-8-12(11,4)5/h7,9,11H,6,8H2,1-5H3. The minimum atomic E-state index is 0.521. The van der Waals surface area contributed by atoms with E-state index in [4.69, 9.17) is 0 Å². The van der Waals surface area contributed by atoms with Crippen molar-refractivity contribution in [1.82, 2.24) is 0 Å². The van der Waals surface area contributed by atoms with Gasteiger partial charge in [0.1, 0.15) is 0 Å². The molecular weight excluding hydrogens is 144 g/mol. The van der Waals surface area contributed by atoms with Crippen LogP contribution in [0.25, 0.3) is 0 Å². The third-order valence-corrected chi connectivity index (χ3v) is 3.25. The molecule has 0 saturated carbocycles.